The third-order valence-corrected chi connectivity index (χ3v) is 10.1. The van der Waals surface area contributed by atoms with Gasteiger partial charge >= 0.3 is 17.9 Å². The fourth-order valence-electron chi connectivity index (χ4n) is 6.34. The minimum Gasteiger partial charge on any atom is -0.462 e. The summed E-state index contributed by atoms with van der Waals surface area (Å²) >= 11 is 0. The van der Waals surface area contributed by atoms with Crippen LogP contribution in [0.25, 0.3) is 0 Å². The Kier molecular flexibility index (Phi) is 46.0. The Balaban J connectivity index is 4.41. The zero-order chi connectivity index (χ0) is 44.4. The predicted octanol–water partition coefficient (Wildman–Crippen LogP) is 16.2. The zero-order valence-corrected chi connectivity index (χ0v) is 39.4. The molecule has 0 N–H and O–H groups in total. The van der Waals surface area contributed by atoms with Gasteiger partial charge in [-0.3, -0.25) is 14.4 Å². The highest BCUT2D eigenvalue weighted by atomic mass is 16.6. The third-order valence-electron chi connectivity index (χ3n) is 10.1. The molecule has 0 spiro atoms. The summed E-state index contributed by atoms with van der Waals surface area (Å²) in [6, 6.07) is 0. The quantitative estimate of drug-likeness (QED) is 0.0263. The van der Waals surface area contributed by atoms with Gasteiger partial charge in [0.05, 0.1) is 0 Å². The standard InChI is InChI=1S/C55H90O6/c1-4-7-10-13-16-19-21-23-25-26-27-28-29-30-31-33-34-36-39-42-45-48-54(57)60-51-52(50-59-53(56)47-44-41-38-18-15-12-9-6-3)61-55(58)49-46-43-40-37-35-32-24-22-20-17-14-11-8-5-2/h7,10,14,16-17,19,22-25,27-28,30-31,34,36,52H,4-6,8-9,11-13,15,18,20-21,26,29,32-33,35,37-51H2,1-3H3/b10-7-,17-14-,19-16-,24-22-,25-23-,28-27-,31-30-,36-34-. The topological polar surface area (TPSA) is 78.9 Å². The first-order valence-electron chi connectivity index (χ1n) is 24.7. The Morgan fingerprint density at radius 1 is 0.344 bits per heavy atom. The lowest BCUT2D eigenvalue weighted by molar-refractivity contribution is -0.167. The number of ether oxygens (including phenoxy) is 3. The minimum atomic E-state index is -0.800. The summed E-state index contributed by atoms with van der Waals surface area (Å²) in [6.45, 7) is 6.38. The number of allylic oxidation sites excluding steroid dienone is 16. The summed E-state index contributed by atoms with van der Waals surface area (Å²) in [7, 11) is 0. The first kappa shape index (κ1) is 57.3. The number of hydrogen-bond donors (Lipinski definition) is 0. The van der Waals surface area contributed by atoms with Crippen molar-refractivity contribution in [3.63, 3.8) is 0 Å². The van der Waals surface area contributed by atoms with Crippen LogP contribution in [0.5, 0.6) is 0 Å². The molecule has 0 heterocycles. The normalized spacial score (nSPS) is 12.9. The zero-order valence-electron chi connectivity index (χ0n) is 39.4. The molecule has 0 saturated heterocycles. The molecule has 0 aromatic carbocycles. The summed E-state index contributed by atoms with van der Waals surface area (Å²) in [5.41, 5.74) is 0. The van der Waals surface area contributed by atoms with Crippen molar-refractivity contribution >= 4 is 17.9 Å². The molecule has 6 nitrogen and oxygen atoms in total. The molecule has 0 aromatic rings. The largest absolute Gasteiger partial charge is 0.462 e. The number of carbonyl (C=O) groups excluding carboxylic acids is 3. The first-order valence-corrected chi connectivity index (χ1v) is 24.7. The smallest absolute Gasteiger partial charge is 0.306 e. The Morgan fingerprint density at radius 3 is 1.08 bits per heavy atom. The van der Waals surface area contributed by atoms with Crippen molar-refractivity contribution in [3.8, 4) is 0 Å². The van der Waals surface area contributed by atoms with Crippen LogP contribution in [0.4, 0.5) is 0 Å². The monoisotopic (exact) mass is 847 g/mol. The molecule has 6 heteroatoms. The lowest BCUT2D eigenvalue weighted by atomic mass is 10.1. The molecule has 0 aliphatic heterocycles. The predicted molar refractivity (Wildman–Crippen MR) is 260 cm³/mol. The molecule has 0 radical (unpaired) electrons. The van der Waals surface area contributed by atoms with Gasteiger partial charge < -0.3 is 14.2 Å². The summed E-state index contributed by atoms with van der Waals surface area (Å²) in [4.78, 5) is 37.8. The van der Waals surface area contributed by atoms with Gasteiger partial charge in [0, 0.05) is 19.3 Å². The summed E-state index contributed by atoms with van der Waals surface area (Å²) in [5.74, 6) is -0.968. The van der Waals surface area contributed by atoms with Gasteiger partial charge in [0.2, 0.25) is 0 Å². The van der Waals surface area contributed by atoms with Crippen LogP contribution in [0.1, 0.15) is 213 Å². The highest BCUT2D eigenvalue weighted by Crippen LogP contribution is 2.13. The van der Waals surface area contributed by atoms with Crippen LogP contribution < -0.4 is 0 Å². The van der Waals surface area contributed by atoms with E-state index in [2.05, 4.69) is 118 Å². The average Bonchev–Trinajstić information content (AvgIpc) is 3.26. The second kappa shape index (κ2) is 49.0. The summed E-state index contributed by atoms with van der Waals surface area (Å²) in [5, 5.41) is 0. The maximum Gasteiger partial charge on any atom is 0.306 e. The summed E-state index contributed by atoms with van der Waals surface area (Å²) < 4.78 is 16.7. The molecule has 0 fully saturated rings. The fraction of sp³-hybridized carbons (Fsp3) is 0.655. The highest BCUT2D eigenvalue weighted by Gasteiger charge is 2.19. The van der Waals surface area contributed by atoms with E-state index in [1.807, 2.05) is 0 Å². The van der Waals surface area contributed by atoms with E-state index in [0.717, 1.165) is 122 Å². The van der Waals surface area contributed by atoms with E-state index in [1.165, 1.54) is 51.4 Å². The maximum atomic E-state index is 12.7. The number of rotatable bonds is 43. The van der Waals surface area contributed by atoms with Crippen molar-refractivity contribution < 1.29 is 28.6 Å². The van der Waals surface area contributed by atoms with E-state index in [0.29, 0.717) is 19.3 Å². The fourth-order valence-corrected chi connectivity index (χ4v) is 6.34. The minimum absolute atomic E-state index is 0.0976. The van der Waals surface area contributed by atoms with E-state index < -0.39 is 6.10 Å². The van der Waals surface area contributed by atoms with E-state index in [-0.39, 0.29) is 31.1 Å². The molecule has 1 atom stereocenters. The lowest BCUT2D eigenvalue weighted by Crippen LogP contribution is -2.30. The Morgan fingerprint density at radius 2 is 0.656 bits per heavy atom. The van der Waals surface area contributed by atoms with Crippen LogP contribution in [0.2, 0.25) is 0 Å². The van der Waals surface area contributed by atoms with Crippen molar-refractivity contribution in [2.45, 2.75) is 219 Å². The second-order valence-corrected chi connectivity index (χ2v) is 16.0. The molecule has 0 aliphatic rings. The van der Waals surface area contributed by atoms with Crippen molar-refractivity contribution in [2.75, 3.05) is 13.2 Å². The summed E-state index contributed by atoms with van der Waals surface area (Å²) in [6.07, 6.45) is 64.0. The maximum absolute atomic E-state index is 12.7. The van der Waals surface area contributed by atoms with Gasteiger partial charge in [-0.1, -0.05) is 195 Å². The van der Waals surface area contributed by atoms with Gasteiger partial charge in [-0.15, -0.1) is 0 Å². The van der Waals surface area contributed by atoms with Crippen LogP contribution in [0.3, 0.4) is 0 Å². The number of hydrogen-bond acceptors (Lipinski definition) is 6. The van der Waals surface area contributed by atoms with Gasteiger partial charge in [0.15, 0.2) is 6.10 Å². The van der Waals surface area contributed by atoms with Gasteiger partial charge in [-0.2, -0.15) is 0 Å². The van der Waals surface area contributed by atoms with Gasteiger partial charge in [-0.25, -0.2) is 0 Å². The molecule has 61 heavy (non-hydrogen) atoms. The molecule has 0 rings (SSSR count). The molecule has 0 amide bonds. The van der Waals surface area contributed by atoms with Crippen molar-refractivity contribution in [1.82, 2.24) is 0 Å². The van der Waals surface area contributed by atoms with Crippen LogP contribution in [-0.4, -0.2) is 37.2 Å². The van der Waals surface area contributed by atoms with Crippen molar-refractivity contribution in [2.24, 2.45) is 0 Å². The van der Waals surface area contributed by atoms with E-state index in [1.54, 1.807) is 0 Å². The van der Waals surface area contributed by atoms with Crippen molar-refractivity contribution in [3.05, 3.63) is 97.2 Å². The van der Waals surface area contributed by atoms with Crippen LogP contribution in [-0.2, 0) is 28.6 Å². The highest BCUT2D eigenvalue weighted by molar-refractivity contribution is 5.71. The van der Waals surface area contributed by atoms with Gasteiger partial charge in [-0.05, 0) is 96.3 Å². The molecular formula is C55H90O6. The molecule has 0 bridgehead atoms. The van der Waals surface area contributed by atoms with Crippen LogP contribution in [0, 0.1) is 0 Å². The van der Waals surface area contributed by atoms with Crippen LogP contribution in [0.15, 0.2) is 97.2 Å². The SMILES string of the molecule is CC/C=C\C/C=C\C/C=C\C/C=C\C/C=C\C/C=C\CCCCC(=O)OCC(COC(=O)CCCCCCCCCC)OC(=O)CCCCCCC/C=C\C/C=C\CCCC. The first-order chi connectivity index (χ1) is 30.0. The Bertz CT molecular complexity index is 1250. The van der Waals surface area contributed by atoms with Gasteiger partial charge in [0.1, 0.15) is 13.2 Å². The molecule has 0 aliphatic carbocycles. The molecule has 346 valence electrons. The van der Waals surface area contributed by atoms with E-state index >= 15 is 0 Å². The molecule has 0 aromatic heterocycles. The van der Waals surface area contributed by atoms with E-state index in [4.69, 9.17) is 14.2 Å². The van der Waals surface area contributed by atoms with Crippen molar-refractivity contribution in [1.29, 1.82) is 0 Å². The lowest BCUT2D eigenvalue weighted by Gasteiger charge is -2.18. The number of carbonyl (C=O) groups is 3. The molecule has 0 saturated carbocycles. The Hall–Kier alpha value is -3.67. The Labute approximate surface area is 375 Å². The molecular weight excluding hydrogens is 757 g/mol. The number of unbranched alkanes of at least 4 members (excludes halogenated alkanes) is 16. The second-order valence-electron chi connectivity index (χ2n) is 16.0. The van der Waals surface area contributed by atoms with E-state index in [9.17, 15) is 14.4 Å². The third kappa shape index (κ3) is 47.2. The van der Waals surface area contributed by atoms with Gasteiger partial charge in [0.25, 0.3) is 0 Å². The number of esters is 3. The van der Waals surface area contributed by atoms with Crippen LogP contribution >= 0.6 is 0 Å². The molecule has 1 unspecified atom stereocenters. The average molecular weight is 847 g/mol.